The van der Waals surface area contributed by atoms with Gasteiger partial charge in [0.2, 0.25) is 5.91 Å². The Bertz CT molecular complexity index is 1390. The minimum absolute atomic E-state index is 0.0354. The highest BCUT2D eigenvalue weighted by Crippen LogP contribution is 2.30. The molecule has 0 saturated carbocycles. The Morgan fingerprint density at radius 3 is 2.58 bits per heavy atom. The number of aromatic nitrogens is 3. The summed E-state index contributed by atoms with van der Waals surface area (Å²) in [6.07, 6.45) is 1.91. The summed E-state index contributed by atoms with van der Waals surface area (Å²) in [4.78, 5) is 30.8. The van der Waals surface area contributed by atoms with E-state index in [9.17, 15) is 14.0 Å². The van der Waals surface area contributed by atoms with E-state index in [1.165, 1.54) is 17.8 Å². The Morgan fingerprint density at radius 2 is 1.91 bits per heavy atom. The summed E-state index contributed by atoms with van der Waals surface area (Å²) in [6, 6.07) is 14.2. The number of aryl methyl sites for hydroxylation is 2. The van der Waals surface area contributed by atoms with Crippen molar-refractivity contribution in [1.29, 1.82) is 0 Å². The van der Waals surface area contributed by atoms with Gasteiger partial charge in [0.15, 0.2) is 5.16 Å². The maximum atomic E-state index is 13.8. The first-order chi connectivity index (χ1) is 15.8. The van der Waals surface area contributed by atoms with Crippen LogP contribution in [0.5, 0.6) is 0 Å². The van der Waals surface area contributed by atoms with Gasteiger partial charge in [-0.25, -0.2) is 9.37 Å². The van der Waals surface area contributed by atoms with Crippen molar-refractivity contribution in [3.8, 4) is 11.1 Å². The van der Waals surface area contributed by atoms with Gasteiger partial charge < -0.3 is 9.88 Å². The maximum absolute atomic E-state index is 13.8. The number of carbonyl (C=O) groups is 1. The number of amides is 1. The molecular formula is C25H25FN4O2S. The first kappa shape index (κ1) is 22.8. The van der Waals surface area contributed by atoms with E-state index in [4.69, 9.17) is 4.98 Å². The zero-order valence-corrected chi connectivity index (χ0v) is 19.7. The van der Waals surface area contributed by atoms with Crippen molar-refractivity contribution in [2.45, 2.75) is 32.0 Å². The third kappa shape index (κ3) is 4.57. The van der Waals surface area contributed by atoms with Crippen LogP contribution in [0.1, 0.15) is 25.5 Å². The molecule has 8 heteroatoms. The fraction of sp³-hybridized carbons (Fsp3) is 0.240. The van der Waals surface area contributed by atoms with Gasteiger partial charge in [-0.15, -0.1) is 0 Å². The molecule has 0 fully saturated rings. The normalized spacial score (nSPS) is 11.3. The summed E-state index contributed by atoms with van der Waals surface area (Å²) >= 11 is 1.19. The predicted octanol–water partition coefficient (Wildman–Crippen LogP) is 5.16. The average Bonchev–Trinajstić information content (AvgIpc) is 3.11. The molecule has 1 N–H and O–H groups in total. The Labute approximate surface area is 195 Å². The maximum Gasteiger partial charge on any atom is 0.278 e. The van der Waals surface area contributed by atoms with Gasteiger partial charge in [-0.2, -0.15) is 0 Å². The van der Waals surface area contributed by atoms with Crippen molar-refractivity contribution in [1.82, 2.24) is 14.1 Å². The van der Waals surface area contributed by atoms with Crippen LogP contribution >= 0.6 is 11.8 Å². The number of thioether (sulfide) groups is 1. The van der Waals surface area contributed by atoms with Gasteiger partial charge >= 0.3 is 0 Å². The second-order valence-corrected chi connectivity index (χ2v) is 9.12. The van der Waals surface area contributed by atoms with E-state index < -0.39 is 0 Å². The van der Waals surface area contributed by atoms with Gasteiger partial charge in [-0.3, -0.25) is 14.2 Å². The number of benzene rings is 2. The molecule has 4 rings (SSSR count). The van der Waals surface area contributed by atoms with Crippen LogP contribution in [0.15, 0.2) is 64.7 Å². The Balaban J connectivity index is 1.68. The second kappa shape index (κ2) is 9.23. The first-order valence-electron chi connectivity index (χ1n) is 10.6. The van der Waals surface area contributed by atoms with Crippen molar-refractivity contribution in [2.24, 2.45) is 7.05 Å². The molecule has 170 valence electrons. The van der Waals surface area contributed by atoms with E-state index in [1.54, 1.807) is 28.2 Å². The van der Waals surface area contributed by atoms with Crippen molar-refractivity contribution < 1.29 is 9.18 Å². The molecule has 0 spiro atoms. The van der Waals surface area contributed by atoms with Crippen LogP contribution in [0.2, 0.25) is 0 Å². The van der Waals surface area contributed by atoms with Gasteiger partial charge in [0, 0.05) is 30.5 Å². The summed E-state index contributed by atoms with van der Waals surface area (Å²) in [5.74, 6) is -0.642. The number of fused-ring (bicyclic) bond motifs is 1. The van der Waals surface area contributed by atoms with Crippen LogP contribution in [0.3, 0.4) is 0 Å². The lowest BCUT2D eigenvalue weighted by Crippen LogP contribution is -2.26. The minimum Gasteiger partial charge on any atom is -0.344 e. The standard InChI is InChI=1S/C25H25FN4O2S/c1-15(2)30-24(32)23-22(19(13-29(23)4)17-8-6-5-7-9-17)28-25(30)33-14-21(31)27-18-11-10-16(3)20(26)12-18/h5-13,15H,14H2,1-4H3,(H,27,31). The Hall–Kier alpha value is -3.39. The lowest BCUT2D eigenvalue weighted by molar-refractivity contribution is -0.113. The third-order valence-electron chi connectivity index (χ3n) is 5.38. The van der Waals surface area contributed by atoms with Gasteiger partial charge in [-0.05, 0) is 44.0 Å². The van der Waals surface area contributed by atoms with Crippen LogP contribution in [-0.2, 0) is 11.8 Å². The van der Waals surface area contributed by atoms with E-state index in [0.717, 1.165) is 11.1 Å². The van der Waals surface area contributed by atoms with Gasteiger partial charge in [0.1, 0.15) is 16.9 Å². The highest BCUT2D eigenvalue weighted by molar-refractivity contribution is 7.99. The Morgan fingerprint density at radius 1 is 1.18 bits per heavy atom. The monoisotopic (exact) mass is 464 g/mol. The van der Waals surface area contributed by atoms with Gasteiger partial charge in [0.05, 0.1) is 5.75 Å². The molecule has 1 amide bonds. The molecule has 0 aliphatic rings. The van der Waals surface area contributed by atoms with E-state index in [0.29, 0.717) is 27.4 Å². The van der Waals surface area contributed by atoms with Crippen molar-refractivity contribution in [3.05, 3.63) is 76.5 Å². The lowest BCUT2D eigenvalue weighted by atomic mass is 10.1. The SMILES string of the molecule is Cc1ccc(NC(=O)CSc2nc3c(-c4ccccc4)cn(C)c3c(=O)n2C(C)C)cc1F. The molecule has 4 aromatic rings. The Kier molecular flexibility index (Phi) is 6.37. The lowest BCUT2D eigenvalue weighted by Gasteiger charge is -2.16. The highest BCUT2D eigenvalue weighted by atomic mass is 32.2. The minimum atomic E-state index is -0.376. The number of hydrogen-bond acceptors (Lipinski definition) is 4. The predicted molar refractivity (Wildman–Crippen MR) is 131 cm³/mol. The van der Waals surface area contributed by atoms with Crippen LogP contribution in [-0.4, -0.2) is 25.8 Å². The number of nitrogens with zero attached hydrogens (tertiary/aromatic N) is 3. The zero-order valence-electron chi connectivity index (χ0n) is 18.9. The molecule has 0 aliphatic heterocycles. The molecule has 0 bridgehead atoms. The largest absolute Gasteiger partial charge is 0.344 e. The fourth-order valence-corrected chi connectivity index (χ4v) is 4.63. The molecular weight excluding hydrogens is 439 g/mol. The quantitative estimate of drug-likeness (QED) is 0.316. The smallest absolute Gasteiger partial charge is 0.278 e. The van der Waals surface area contributed by atoms with Crippen molar-refractivity contribution in [3.63, 3.8) is 0 Å². The molecule has 2 aromatic heterocycles. The van der Waals surface area contributed by atoms with Crippen LogP contribution in [0, 0.1) is 12.7 Å². The van der Waals surface area contributed by atoms with Crippen LogP contribution in [0.4, 0.5) is 10.1 Å². The third-order valence-corrected chi connectivity index (χ3v) is 6.33. The summed E-state index contributed by atoms with van der Waals surface area (Å²) in [5.41, 5.74) is 3.71. The highest BCUT2D eigenvalue weighted by Gasteiger charge is 2.20. The van der Waals surface area contributed by atoms with E-state index in [2.05, 4.69) is 5.32 Å². The molecule has 2 heterocycles. The fourth-order valence-electron chi connectivity index (χ4n) is 3.71. The summed E-state index contributed by atoms with van der Waals surface area (Å²) < 4.78 is 17.2. The molecule has 33 heavy (non-hydrogen) atoms. The topological polar surface area (TPSA) is 68.9 Å². The van der Waals surface area contributed by atoms with Crippen LogP contribution in [0.25, 0.3) is 22.2 Å². The van der Waals surface area contributed by atoms with E-state index in [-0.39, 0.29) is 29.1 Å². The number of anilines is 1. The number of carbonyl (C=O) groups excluding carboxylic acids is 1. The van der Waals surface area contributed by atoms with Gasteiger partial charge in [0.25, 0.3) is 5.56 Å². The second-order valence-electron chi connectivity index (χ2n) is 8.18. The van der Waals surface area contributed by atoms with Gasteiger partial charge in [-0.1, -0.05) is 48.2 Å². The van der Waals surface area contributed by atoms with Crippen LogP contribution < -0.4 is 10.9 Å². The molecule has 0 aliphatic carbocycles. The number of hydrogen-bond donors (Lipinski definition) is 1. The molecule has 0 unspecified atom stereocenters. The average molecular weight is 465 g/mol. The van der Waals surface area contributed by atoms with Crippen molar-refractivity contribution >= 4 is 34.4 Å². The van der Waals surface area contributed by atoms with Crippen molar-refractivity contribution in [2.75, 3.05) is 11.1 Å². The number of halogens is 1. The summed E-state index contributed by atoms with van der Waals surface area (Å²) in [5, 5.41) is 3.17. The summed E-state index contributed by atoms with van der Waals surface area (Å²) in [6.45, 7) is 5.49. The molecule has 2 aromatic carbocycles. The summed E-state index contributed by atoms with van der Waals surface area (Å²) in [7, 11) is 1.84. The zero-order chi connectivity index (χ0) is 23.7. The molecule has 6 nitrogen and oxygen atoms in total. The van der Waals surface area contributed by atoms with E-state index >= 15 is 0 Å². The molecule has 0 radical (unpaired) electrons. The molecule has 0 atom stereocenters. The number of rotatable bonds is 6. The van der Waals surface area contributed by atoms with E-state index in [1.807, 2.05) is 57.4 Å². The number of nitrogens with one attached hydrogen (secondary N) is 1. The molecule has 0 saturated heterocycles. The first-order valence-corrected chi connectivity index (χ1v) is 11.6.